The van der Waals surface area contributed by atoms with Gasteiger partial charge >= 0.3 is 0 Å². The third-order valence-electron chi connectivity index (χ3n) is 3.43. The molecule has 18 heavy (non-hydrogen) atoms. The number of benzene rings is 1. The zero-order chi connectivity index (χ0) is 13.3. The second kappa shape index (κ2) is 4.50. The van der Waals surface area contributed by atoms with E-state index in [4.69, 9.17) is 0 Å². The van der Waals surface area contributed by atoms with Crippen molar-refractivity contribution in [3.63, 3.8) is 0 Å². The summed E-state index contributed by atoms with van der Waals surface area (Å²) >= 11 is 0. The van der Waals surface area contributed by atoms with Gasteiger partial charge in [0.05, 0.1) is 5.69 Å². The van der Waals surface area contributed by atoms with E-state index in [0.29, 0.717) is 12.8 Å². The van der Waals surface area contributed by atoms with Crippen LogP contribution in [0.4, 0.5) is 14.5 Å². The minimum absolute atomic E-state index is 0.161. The van der Waals surface area contributed by atoms with Crippen molar-refractivity contribution >= 4 is 11.8 Å². The van der Waals surface area contributed by atoms with Crippen LogP contribution < -0.4 is 4.90 Å². The molecule has 0 spiro atoms. The first kappa shape index (κ1) is 12.7. The highest BCUT2D eigenvalue weighted by Crippen LogP contribution is 2.49. The van der Waals surface area contributed by atoms with Crippen LogP contribution in [0.5, 0.6) is 0 Å². The summed E-state index contributed by atoms with van der Waals surface area (Å²) in [5, 5.41) is 0. The zero-order valence-corrected chi connectivity index (χ0v) is 10.3. The van der Waals surface area contributed by atoms with E-state index >= 15 is 0 Å². The molecule has 1 fully saturated rings. The number of carbonyl (C=O) groups excluding carboxylic acids is 1. The first-order valence-corrected chi connectivity index (χ1v) is 5.77. The number of aliphatic imine (C=N–C) groups is 1. The Labute approximate surface area is 104 Å². The largest absolute Gasteiger partial charge is 0.375 e. The second-order valence-electron chi connectivity index (χ2n) is 4.74. The fraction of sp³-hybridized carbons (Fsp3) is 0.462. The highest BCUT2D eigenvalue weighted by Gasteiger charge is 2.43. The SMILES string of the molecule is CN(C)c1c(F)ccc(F)c1C1(N=C=O)CCC1. The van der Waals surface area contributed by atoms with Gasteiger partial charge in [0.2, 0.25) is 6.08 Å². The van der Waals surface area contributed by atoms with Crippen LogP contribution in [-0.2, 0) is 10.3 Å². The molecule has 0 radical (unpaired) electrons. The maximum absolute atomic E-state index is 14.0. The molecule has 0 heterocycles. The standard InChI is InChI=1S/C13H14F2N2O/c1-17(2)12-10(15)5-4-9(14)11(12)13(16-8-18)6-3-7-13/h4-5H,3,6-7H2,1-2H3. The van der Waals surface area contributed by atoms with Crippen LogP contribution >= 0.6 is 0 Å². The summed E-state index contributed by atoms with van der Waals surface area (Å²) in [7, 11) is 3.27. The summed E-state index contributed by atoms with van der Waals surface area (Å²) in [6.45, 7) is 0. The summed E-state index contributed by atoms with van der Waals surface area (Å²) in [6.07, 6.45) is 3.42. The normalized spacial score (nSPS) is 16.7. The van der Waals surface area contributed by atoms with Crippen LogP contribution in [0.2, 0.25) is 0 Å². The average Bonchev–Trinajstić information content (AvgIpc) is 2.26. The maximum Gasteiger partial charge on any atom is 0.235 e. The van der Waals surface area contributed by atoms with Crippen molar-refractivity contribution in [1.82, 2.24) is 0 Å². The summed E-state index contributed by atoms with van der Waals surface area (Å²) in [6, 6.07) is 2.17. The van der Waals surface area contributed by atoms with Crippen molar-refractivity contribution in [2.24, 2.45) is 4.99 Å². The lowest BCUT2D eigenvalue weighted by Crippen LogP contribution is -2.35. The zero-order valence-electron chi connectivity index (χ0n) is 10.3. The lowest BCUT2D eigenvalue weighted by molar-refractivity contribution is 0.247. The molecule has 5 heteroatoms. The van der Waals surface area contributed by atoms with Gasteiger partial charge < -0.3 is 4.90 Å². The molecule has 3 nitrogen and oxygen atoms in total. The van der Waals surface area contributed by atoms with Crippen LogP contribution in [0.3, 0.4) is 0 Å². The van der Waals surface area contributed by atoms with Crippen molar-refractivity contribution in [2.45, 2.75) is 24.8 Å². The predicted molar refractivity (Wildman–Crippen MR) is 64.3 cm³/mol. The number of nitrogens with zero attached hydrogens (tertiary/aromatic N) is 2. The number of hydrogen-bond donors (Lipinski definition) is 0. The molecule has 0 amide bonds. The number of isocyanates is 1. The molecular formula is C13H14F2N2O. The van der Waals surface area contributed by atoms with E-state index in [2.05, 4.69) is 4.99 Å². The summed E-state index contributed by atoms with van der Waals surface area (Å²) in [4.78, 5) is 15.8. The van der Waals surface area contributed by atoms with Crippen molar-refractivity contribution in [2.75, 3.05) is 19.0 Å². The van der Waals surface area contributed by atoms with E-state index in [-0.39, 0.29) is 11.3 Å². The molecule has 2 rings (SSSR count). The first-order chi connectivity index (χ1) is 8.52. The second-order valence-corrected chi connectivity index (χ2v) is 4.74. The smallest absolute Gasteiger partial charge is 0.235 e. The lowest BCUT2D eigenvalue weighted by Gasteiger charge is -2.39. The Balaban J connectivity index is 2.69. The molecule has 0 aromatic heterocycles. The highest BCUT2D eigenvalue weighted by molar-refractivity contribution is 5.59. The Morgan fingerprint density at radius 2 is 1.89 bits per heavy atom. The summed E-state index contributed by atoms with van der Waals surface area (Å²) in [5.41, 5.74) is -0.608. The van der Waals surface area contributed by atoms with Gasteiger partial charge in [-0.1, -0.05) is 0 Å². The quantitative estimate of drug-likeness (QED) is 0.612. The third kappa shape index (κ3) is 1.81. The average molecular weight is 252 g/mol. The van der Waals surface area contributed by atoms with E-state index in [1.54, 1.807) is 14.1 Å². The molecule has 0 aliphatic heterocycles. The van der Waals surface area contributed by atoms with Crippen LogP contribution in [0.1, 0.15) is 24.8 Å². The molecule has 0 unspecified atom stereocenters. The third-order valence-corrected chi connectivity index (χ3v) is 3.43. The van der Waals surface area contributed by atoms with Gasteiger partial charge in [-0.2, -0.15) is 4.99 Å². The van der Waals surface area contributed by atoms with Gasteiger partial charge in [0.25, 0.3) is 0 Å². The Morgan fingerprint density at radius 3 is 2.33 bits per heavy atom. The van der Waals surface area contributed by atoms with Crippen molar-refractivity contribution in [1.29, 1.82) is 0 Å². The van der Waals surface area contributed by atoms with Gasteiger partial charge in [-0.05, 0) is 31.4 Å². The van der Waals surface area contributed by atoms with Crippen LogP contribution in [0, 0.1) is 11.6 Å². The van der Waals surface area contributed by atoms with E-state index in [0.717, 1.165) is 18.6 Å². The number of hydrogen-bond acceptors (Lipinski definition) is 3. The van der Waals surface area contributed by atoms with Gasteiger partial charge in [0, 0.05) is 19.7 Å². The monoisotopic (exact) mass is 252 g/mol. The molecule has 1 aromatic carbocycles. The van der Waals surface area contributed by atoms with Crippen molar-refractivity contribution in [3.8, 4) is 0 Å². The Bertz CT molecular complexity index is 518. The number of rotatable bonds is 3. The topological polar surface area (TPSA) is 32.7 Å². The van der Waals surface area contributed by atoms with Gasteiger partial charge in [-0.3, -0.25) is 0 Å². The molecular weight excluding hydrogens is 238 g/mol. The molecule has 0 bridgehead atoms. The molecule has 1 aliphatic rings. The van der Waals surface area contributed by atoms with Gasteiger partial charge in [-0.25, -0.2) is 13.6 Å². The van der Waals surface area contributed by atoms with Gasteiger partial charge in [0.1, 0.15) is 17.2 Å². The van der Waals surface area contributed by atoms with Crippen LogP contribution in [-0.4, -0.2) is 20.2 Å². The number of halogens is 2. The van der Waals surface area contributed by atoms with Crippen molar-refractivity contribution < 1.29 is 13.6 Å². The predicted octanol–water partition coefficient (Wildman–Crippen LogP) is 2.75. The lowest BCUT2D eigenvalue weighted by atomic mass is 9.71. The summed E-state index contributed by atoms with van der Waals surface area (Å²) < 4.78 is 27.9. The fourth-order valence-corrected chi connectivity index (χ4v) is 2.44. The van der Waals surface area contributed by atoms with E-state index in [1.165, 1.54) is 11.0 Å². The van der Waals surface area contributed by atoms with Gasteiger partial charge in [-0.15, -0.1) is 0 Å². The minimum atomic E-state index is -0.937. The fourth-order valence-electron chi connectivity index (χ4n) is 2.44. The molecule has 0 saturated heterocycles. The summed E-state index contributed by atoms with van der Waals surface area (Å²) in [5.74, 6) is -1.04. The van der Waals surface area contributed by atoms with E-state index in [1.807, 2.05) is 0 Å². The first-order valence-electron chi connectivity index (χ1n) is 5.77. The molecule has 1 aliphatic carbocycles. The maximum atomic E-state index is 14.0. The van der Waals surface area contributed by atoms with Crippen molar-refractivity contribution in [3.05, 3.63) is 29.3 Å². The highest BCUT2D eigenvalue weighted by atomic mass is 19.1. The Kier molecular flexibility index (Phi) is 3.18. The minimum Gasteiger partial charge on any atom is -0.375 e. The molecule has 0 N–H and O–H groups in total. The van der Waals surface area contributed by atoms with Crippen LogP contribution in [0.15, 0.2) is 17.1 Å². The Hall–Kier alpha value is -1.74. The van der Waals surface area contributed by atoms with Gasteiger partial charge in [0.15, 0.2) is 0 Å². The molecule has 1 aromatic rings. The molecule has 96 valence electrons. The number of anilines is 1. The van der Waals surface area contributed by atoms with E-state index < -0.39 is 17.2 Å². The van der Waals surface area contributed by atoms with Crippen LogP contribution in [0.25, 0.3) is 0 Å². The molecule has 1 saturated carbocycles. The molecule has 0 atom stereocenters. The van der Waals surface area contributed by atoms with E-state index in [9.17, 15) is 13.6 Å². The Morgan fingerprint density at radius 1 is 1.28 bits per heavy atom.